The van der Waals surface area contributed by atoms with Gasteiger partial charge in [-0.05, 0) is 42.5 Å². The van der Waals surface area contributed by atoms with E-state index in [1.165, 1.54) is 22.5 Å². The number of aromatic amines is 1. The van der Waals surface area contributed by atoms with Gasteiger partial charge < -0.3 is 40.1 Å². The summed E-state index contributed by atoms with van der Waals surface area (Å²) in [5.41, 5.74) is 1.51. The highest BCUT2D eigenvalue weighted by Crippen LogP contribution is 2.33. The van der Waals surface area contributed by atoms with Crippen molar-refractivity contribution in [3.63, 3.8) is 0 Å². The number of hydrogen-bond acceptors (Lipinski definition) is 9. The highest BCUT2D eigenvalue weighted by Gasteiger charge is 2.44. The number of aliphatic hydroxyl groups excluding tert-OH is 1. The lowest BCUT2D eigenvalue weighted by molar-refractivity contribution is -0.0907. The Morgan fingerprint density at radius 3 is 2.70 bits per heavy atom. The van der Waals surface area contributed by atoms with Crippen LogP contribution in [0.15, 0.2) is 53.4 Å². The van der Waals surface area contributed by atoms with E-state index >= 15 is 0 Å². The van der Waals surface area contributed by atoms with E-state index in [0.29, 0.717) is 17.5 Å². The van der Waals surface area contributed by atoms with Crippen LogP contribution < -0.4 is 5.32 Å². The molecule has 2 unspecified atom stereocenters. The maximum Gasteiger partial charge on any atom is 0.407 e. The van der Waals surface area contributed by atoms with Crippen LogP contribution in [-0.2, 0) is 30.7 Å². The predicted molar refractivity (Wildman–Crippen MR) is 159 cm³/mol. The Bertz CT molecular complexity index is 1540. The summed E-state index contributed by atoms with van der Waals surface area (Å²) in [7, 11) is -4.13. The van der Waals surface area contributed by atoms with Crippen molar-refractivity contribution < 1.29 is 37.6 Å². The van der Waals surface area contributed by atoms with Crippen molar-refractivity contribution in [3.8, 4) is 5.88 Å². The molecule has 0 aliphatic carbocycles. The summed E-state index contributed by atoms with van der Waals surface area (Å²) in [6.07, 6.45) is -0.971. The van der Waals surface area contributed by atoms with Crippen LogP contribution in [0.3, 0.4) is 0 Å². The summed E-state index contributed by atoms with van der Waals surface area (Å²) in [5.74, 6) is -0.355. The molecule has 1 aromatic heterocycles. The number of aromatic nitrogens is 1. The van der Waals surface area contributed by atoms with Crippen LogP contribution in [0, 0.1) is 17.2 Å². The number of carbonyl (C=O) groups excluding carboxylic acids is 1. The largest absolute Gasteiger partial charge is 0.494 e. The summed E-state index contributed by atoms with van der Waals surface area (Å²) in [6.45, 7) is 4.31. The number of carbonyl (C=O) groups is 1. The van der Waals surface area contributed by atoms with Gasteiger partial charge in [0.25, 0.3) is 0 Å². The van der Waals surface area contributed by atoms with Crippen molar-refractivity contribution in [2.45, 2.75) is 56.1 Å². The third-order valence-corrected chi connectivity index (χ3v) is 9.67. The number of nitrogens with zero attached hydrogens (tertiary/aromatic N) is 1. The Labute approximate surface area is 250 Å². The van der Waals surface area contributed by atoms with Gasteiger partial charge in [0.15, 0.2) is 12.2 Å². The van der Waals surface area contributed by atoms with E-state index < -0.39 is 34.4 Å². The molecule has 5 N–H and O–H groups in total. The molecule has 13 heteroatoms. The quantitative estimate of drug-likeness (QED) is 0.194. The van der Waals surface area contributed by atoms with E-state index in [9.17, 15) is 23.4 Å². The van der Waals surface area contributed by atoms with Gasteiger partial charge in [-0.25, -0.2) is 13.2 Å². The number of fused-ring (bicyclic) bond motifs is 2. The molecule has 2 fully saturated rings. The molecule has 0 saturated carbocycles. The van der Waals surface area contributed by atoms with E-state index in [4.69, 9.17) is 19.6 Å². The molecule has 2 saturated heterocycles. The second kappa shape index (κ2) is 13.0. The monoisotopic (exact) mass is 614 g/mol. The minimum Gasteiger partial charge on any atom is -0.494 e. The molecule has 1 amide bonds. The fourth-order valence-corrected chi connectivity index (χ4v) is 7.32. The number of aromatic hydroxyl groups is 1. The lowest BCUT2D eigenvalue weighted by Crippen LogP contribution is -2.51. The molecule has 0 bridgehead atoms. The van der Waals surface area contributed by atoms with Crippen LogP contribution in [-0.4, -0.2) is 91.1 Å². The number of rotatable bonds is 12. The molecular weight excluding hydrogens is 576 g/mol. The molecular formula is C30H38N4O8S. The van der Waals surface area contributed by atoms with Gasteiger partial charge in [0, 0.05) is 30.2 Å². The highest BCUT2D eigenvalue weighted by molar-refractivity contribution is 7.89. The first-order valence-electron chi connectivity index (χ1n) is 14.3. The van der Waals surface area contributed by atoms with Gasteiger partial charge in [0.05, 0.1) is 41.7 Å². The molecule has 3 heterocycles. The van der Waals surface area contributed by atoms with Gasteiger partial charge in [-0.3, -0.25) is 0 Å². The minimum atomic E-state index is -4.13. The van der Waals surface area contributed by atoms with Crippen molar-refractivity contribution in [1.29, 1.82) is 5.41 Å². The van der Waals surface area contributed by atoms with Crippen LogP contribution in [0.5, 0.6) is 5.88 Å². The van der Waals surface area contributed by atoms with Crippen molar-refractivity contribution in [3.05, 3.63) is 59.7 Å². The number of hydrogen-bond donors (Lipinski definition) is 5. The molecule has 232 valence electrons. The van der Waals surface area contributed by atoms with Crippen LogP contribution in [0.1, 0.15) is 31.4 Å². The Balaban J connectivity index is 1.37. The molecule has 0 spiro atoms. The fraction of sp³-hybridized carbons (Fsp3) is 0.467. The summed E-state index contributed by atoms with van der Waals surface area (Å²) in [5, 5.41) is 32.4. The number of H-pyrrole nitrogens is 1. The average molecular weight is 615 g/mol. The van der Waals surface area contributed by atoms with Gasteiger partial charge in [0.2, 0.25) is 10.0 Å². The Morgan fingerprint density at radius 1 is 1.21 bits per heavy atom. The molecule has 3 aromatic rings. The van der Waals surface area contributed by atoms with Gasteiger partial charge in [-0.1, -0.05) is 44.2 Å². The molecule has 2 aliphatic rings. The lowest BCUT2D eigenvalue weighted by atomic mass is 10.0. The van der Waals surface area contributed by atoms with Crippen LogP contribution >= 0.6 is 0 Å². The van der Waals surface area contributed by atoms with Crippen LogP contribution in [0.25, 0.3) is 10.9 Å². The highest BCUT2D eigenvalue weighted by atomic mass is 32.2. The molecule has 12 nitrogen and oxygen atoms in total. The molecule has 5 rings (SSSR count). The summed E-state index contributed by atoms with van der Waals surface area (Å²) in [4.78, 5) is 15.7. The molecule has 5 atom stereocenters. The first kappa shape index (κ1) is 31.0. The SMILES string of the molecule is CC(C)CN(C[C@@H](O)[C@H](Cc1ccccc1)NC(=O)O[C@H]1COC2OCCC21)S(=O)(=O)c1ccc2[nH]c(O)c(C=N)c2c1. The number of aliphatic hydroxyl groups is 1. The van der Waals surface area contributed by atoms with E-state index in [1.54, 1.807) is 0 Å². The zero-order valence-corrected chi connectivity index (χ0v) is 24.9. The van der Waals surface area contributed by atoms with Gasteiger partial charge >= 0.3 is 6.09 Å². The topological polar surface area (TPSA) is 174 Å². The Kier molecular flexibility index (Phi) is 9.37. The number of amides is 1. The van der Waals surface area contributed by atoms with Crippen molar-refractivity contribution in [1.82, 2.24) is 14.6 Å². The van der Waals surface area contributed by atoms with Crippen molar-refractivity contribution in [2.75, 3.05) is 26.3 Å². The third-order valence-electron chi connectivity index (χ3n) is 7.84. The van der Waals surface area contributed by atoms with Crippen LogP contribution in [0.4, 0.5) is 4.79 Å². The van der Waals surface area contributed by atoms with Gasteiger partial charge in [0.1, 0.15) is 6.10 Å². The molecule has 2 aliphatic heterocycles. The van der Waals surface area contributed by atoms with Gasteiger partial charge in [-0.15, -0.1) is 0 Å². The van der Waals surface area contributed by atoms with E-state index in [0.717, 1.165) is 18.2 Å². The van der Waals surface area contributed by atoms with E-state index in [1.807, 2.05) is 44.2 Å². The lowest BCUT2D eigenvalue weighted by Gasteiger charge is -2.31. The zero-order chi connectivity index (χ0) is 30.7. The van der Waals surface area contributed by atoms with Crippen LogP contribution in [0.2, 0.25) is 0 Å². The van der Waals surface area contributed by atoms with E-state index in [2.05, 4.69) is 10.3 Å². The summed E-state index contributed by atoms with van der Waals surface area (Å²) in [6, 6.07) is 12.8. The maximum absolute atomic E-state index is 13.9. The Hall–Kier alpha value is -3.49. The number of alkyl carbamates (subject to hydrolysis) is 1. The standard InChI is InChI=1S/C30H38N4O8S/c1-18(2)15-34(43(38,39)20-8-9-24-22(13-20)23(14-31)28(36)32-24)16-26(35)25(12-19-6-4-3-5-7-19)33-30(37)42-27-17-41-29-21(27)10-11-40-29/h3-9,13-14,18,21,25-27,29,31-32,35-36H,10-12,15-17H2,1-2H3,(H,33,37)/t21?,25-,26+,27-,29?/m0/s1. The van der Waals surface area contributed by atoms with Gasteiger partial charge in [-0.2, -0.15) is 4.31 Å². The smallest absolute Gasteiger partial charge is 0.407 e. The number of ether oxygens (including phenoxy) is 3. The zero-order valence-electron chi connectivity index (χ0n) is 24.1. The minimum absolute atomic E-state index is 0.0449. The normalized spacial score (nSPS) is 21.7. The van der Waals surface area contributed by atoms with E-state index in [-0.39, 0.29) is 60.6 Å². The number of sulfonamides is 1. The summed E-state index contributed by atoms with van der Waals surface area (Å²) < 4.78 is 45.8. The predicted octanol–water partition coefficient (Wildman–Crippen LogP) is 2.98. The molecule has 2 aromatic carbocycles. The number of nitrogens with one attached hydrogen (secondary N) is 3. The molecule has 43 heavy (non-hydrogen) atoms. The average Bonchev–Trinajstić information content (AvgIpc) is 3.67. The first-order valence-corrected chi connectivity index (χ1v) is 15.8. The second-order valence-electron chi connectivity index (χ2n) is 11.4. The third kappa shape index (κ3) is 6.86. The second-order valence-corrected chi connectivity index (χ2v) is 13.4. The van der Waals surface area contributed by atoms with Crippen molar-refractivity contribution >= 4 is 33.2 Å². The van der Waals surface area contributed by atoms with Crippen molar-refractivity contribution in [2.24, 2.45) is 11.8 Å². The number of benzene rings is 2. The Morgan fingerprint density at radius 2 is 1.98 bits per heavy atom. The molecule has 0 radical (unpaired) electrons. The first-order chi connectivity index (χ1) is 20.6. The maximum atomic E-state index is 13.9. The summed E-state index contributed by atoms with van der Waals surface area (Å²) >= 11 is 0. The fourth-order valence-electron chi connectivity index (χ4n) is 5.67.